The molecule has 25 heavy (non-hydrogen) atoms. The molecule has 1 aliphatic carbocycles. The Morgan fingerprint density at radius 3 is 2.60 bits per heavy atom. The van der Waals surface area contributed by atoms with E-state index in [9.17, 15) is 0 Å². The van der Waals surface area contributed by atoms with Crippen LogP contribution >= 0.6 is 35.7 Å². The molecule has 0 aromatic heterocycles. The van der Waals surface area contributed by atoms with E-state index in [0.717, 1.165) is 50.4 Å². The minimum atomic E-state index is 0. The second kappa shape index (κ2) is 11.9. The molecule has 148 valence electrons. The molecule has 5 nitrogen and oxygen atoms in total. The van der Waals surface area contributed by atoms with Crippen LogP contribution < -0.4 is 10.6 Å². The van der Waals surface area contributed by atoms with Gasteiger partial charge in [0, 0.05) is 36.6 Å². The minimum Gasteiger partial charge on any atom is -0.381 e. The summed E-state index contributed by atoms with van der Waals surface area (Å²) < 4.78 is 5.57. The summed E-state index contributed by atoms with van der Waals surface area (Å²) in [6, 6.07) is 0.555. The Morgan fingerprint density at radius 2 is 2.00 bits per heavy atom. The summed E-state index contributed by atoms with van der Waals surface area (Å²) in [5, 5.41) is 7.93. The van der Waals surface area contributed by atoms with Crippen molar-refractivity contribution in [1.29, 1.82) is 0 Å². The van der Waals surface area contributed by atoms with Gasteiger partial charge in [-0.2, -0.15) is 11.8 Å². The van der Waals surface area contributed by atoms with Gasteiger partial charge >= 0.3 is 0 Å². The van der Waals surface area contributed by atoms with Gasteiger partial charge in [0.2, 0.25) is 0 Å². The maximum absolute atomic E-state index is 5.57. The third-order valence-corrected chi connectivity index (χ3v) is 6.64. The van der Waals surface area contributed by atoms with Crippen LogP contribution in [0.5, 0.6) is 0 Å². The van der Waals surface area contributed by atoms with Crippen LogP contribution in [-0.2, 0) is 4.74 Å². The SMILES string of the molecule is CCNC(=NCC1(N(C)C)CCOCC1)NC1CCCC(SC)C1.I. The Hall–Kier alpha value is 0.270. The highest BCUT2D eigenvalue weighted by Gasteiger charge is 2.34. The number of aliphatic imine (C=N–C) groups is 1. The van der Waals surface area contributed by atoms with Crippen LogP contribution in [-0.4, -0.2) is 74.3 Å². The minimum absolute atomic E-state index is 0. The van der Waals surface area contributed by atoms with E-state index in [0.29, 0.717) is 6.04 Å². The average molecular weight is 484 g/mol. The average Bonchev–Trinajstić information content (AvgIpc) is 2.61. The molecule has 2 unspecified atom stereocenters. The summed E-state index contributed by atoms with van der Waals surface area (Å²) in [5.41, 5.74) is 0.134. The van der Waals surface area contributed by atoms with Gasteiger partial charge in [-0.15, -0.1) is 24.0 Å². The fourth-order valence-electron chi connectivity index (χ4n) is 3.73. The molecule has 0 bridgehead atoms. The molecule has 0 amide bonds. The number of ether oxygens (including phenoxy) is 1. The van der Waals surface area contributed by atoms with Crippen LogP contribution in [0.15, 0.2) is 4.99 Å². The van der Waals surface area contributed by atoms with Gasteiger partial charge in [-0.3, -0.25) is 4.99 Å². The number of guanidine groups is 1. The van der Waals surface area contributed by atoms with E-state index >= 15 is 0 Å². The summed E-state index contributed by atoms with van der Waals surface area (Å²) >= 11 is 2.01. The lowest BCUT2D eigenvalue weighted by molar-refractivity contribution is -0.00255. The molecule has 0 aromatic carbocycles. The highest BCUT2D eigenvalue weighted by molar-refractivity contribution is 14.0. The molecule has 2 atom stereocenters. The number of rotatable bonds is 6. The van der Waals surface area contributed by atoms with Crippen molar-refractivity contribution in [2.75, 3.05) is 46.7 Å². The second-order valence-corrected chi connectivity index (χ2v) is 8.43. The van der Waals surface area contributed by atoms with E-state index < -0.39 is 0 Å². The van der Waals surface area contributed by atoms with Crippen molar-refractivity contribution in [2.45, 2.75) is 62.3 Å². The Kier molecular flexibility index (Phi) is 11.1. The van der Waals surface area contributed by atoms with Crippen molar-refractivity contribution >= 4 is 41.7 Å². The zero-order valence-electron chi connectivity index (χ0n) is 16.3. The zero-order valence-corrected chi connectivity index (χ0v) is 19.5. The number of hydrogen-bond donors (Lipinski definition) is 2. The first kappa shape index (κ1) is 23.3. The molecule has 1 heterocycles. The standard InChI is InChI=1S/C18H36N4OS.HI/c1-5-19-17(21-15-7-6-8-16(13-15)24-4)20-14-18(22(2)3)9-11-23-12-10-18;/h15-16H,5-14H2,1-4H3,(H2,19,20,21);1H. The van der Waals surface area contributed by atoms with E-state index in [4.69, 9.17) is 9.73 Å². The molecular formula is C18H37IN4OS. The molecule has 2 fully saturated rings. The summed E-state index contributed by atoms with van der Waals surface area (Å²) in [4.78, 5) is 7.31. The molecular weight excluding hydrogens is 447 g/mol. The number of nitrogens with zero attached hydrogens (tertiary/aromatic N) is 2. The number of halogens is 1. The molecule has 7 heteroatoms. The first-order chi connectivity index (χ1) is 11.6. The van der Waals surface area contributed by atoms with Crippen LogP contribution in [0.25, 0.3) is 0 Å². The van der Waals surface area contributed by atoms with Gasteiger partial charge in [0.1, 0.15) is 0 Å². The fourth-order valence-corrected chi connectivity index (χ4v) is 4.55. The lowest BCUT2D eigenvalue weighted by Crippen LogP contribution is -2.52. The molecule has 2 rings (SSSR count). The molecule has 0 spiro atoms. The van der Waals surface area contributed by atoms with Gasteiger partial charge in [-0.25, -0.2) is 0 Å². The van der Waals surface area contributed by atoms with Gasteiger partial charge < -0.3 is 20.3 Å². The van der Waals surface area contributed by atoms with Crippen molar-refractivity contribution in [3.8, 4) is 0 Å². The van der Waals surface area contributed by atoms with Crippen molar-refractivity contribution < 1.29 is 4.74 Å². The van der Waals surface area contributed by atoms with Gasteiger partial charge in [0.15, 0.2) is 5.96 Å². The lowest BCUT2D eigenvalue weighted by Gasteiger charge is -2.41. The van der Waals surface area contributed by atoms with E-state index in [1.807, 2.05) is 11.8 Å². The van der Waals surface area contributed by atoms with Crippen LogP contribution in [0, 0.1) is 0 Å². The number of nitrogens with one attached hydrogen (secondary N) is 2. The van der Waals surface area contributed by atoms with Crippen molar-refractivity contribution in [3.63, 3.8) is 0 Å². The molecule has 1 saturated carbocycles. The summed E-state index contributed by atoms with van der Waals surface area (Å²) in [6.45, 7) is 5.56. The van der Waals surface area contributed by atoms with Crippen LogP contribution in [0.3, 0.4) is 0 Å². The Morgan fingerprint density at radius 1 is 1.28 bits per heavy atom. The predicted octanol–water partition coefficient (Wildman–Crippen LogP) is 2.94. The van der Waals surface area contributed by atoms with Crippen molar-refractivity contribution in [1.82, 2.24) is 15.5 Å². The van der Waals surface area contributed by atoms with Crippen molar-refractivity contribution in [3.05, 3.63) is 0 Å². The number of thioether (sulfide) groups is 1. The first-order valence-electron chi connectivity index (χ1n) is 9.42. The summed E-state index contributed by atoms with van der Waals surface area (Å²) in [6.07, 6.45) is 9.53. The van der Waals surface area contributed by atoms with E-state index in [1.54, 1.807) is 0 Å². The highest BCUT2D eigenvalue weighted by atomic mass is 127. The topological polar surface area (TPSA) is 48.9 Å². The quantitative estimate of drug-likeness (QED) is 0.345. The number of hydrogen-bond acceptors (Lipinski definition) is 4. The Balaban J connectivity index is 0.00000312. The van der Waals surface area contributed by atoms with Crippen molar-refractivity contribution in [2.24, 2.45) is 4.99 Å². The molecule has 0 aromatic rings. The molecule has 0 radical (unpaired) electrons. The van der Waals surface area contributed by atoms with Gasteiger partial charge in [-0.1, -0.05) is 6.42 Å². The molecule has 2 aliphatic rings. The smallest absolute Gasteiger partial charge is 0.191 e. The lowest BCUT2D eigenvalue weighted by atomic mass is 9.89. The monoisotopic (exact) mass is 484 g/mol. The van der Waals surface area contributed by atoms with Crippen LogP contribution in [0.1, 0.15) is 45.4 Å². The molecule has 1 saturated heterocycles. The van der Waals surface area contributed by atoms with Crippen LogP contribution in [0.2, 0.25) is 0 Å². The molecule has 2 N–H and O–H groups in total. The third kappa shape index (κ3) is 7.07. The maximum Gasteiger partial charge on any atom is 0.191 e. The van der Waals surface area contributed by atoms with E-state index in [1.165, 1.54) is 25.7 Å². The first-order valence-corrected chi connectivity index (χ1v) is 10.7. The van der Waals surface area contributed by atoms with Gasteiger partial charge in [0.25, 0.3) is 0 Å². The number of likely N-dealkylation sites (N-methyl/N-ethyl adjacent to an activating group) is 1. The van der Waals surface area contributed by atoms with Gasteiger partial charge in [0.05, 0.1) is 6.54 Å². The van der Waals surface area contributed by atoms with E-state index in [2.05, 4.69) is 42.8 Å². The summed E-state index contributed by atoms with van der Waals surface area (Å²) in [7, 11) is 4.34. The summed E-state index contributed by atoms with van der Waals surface area (Å²) in [5.74, 6) is 0.983. The second-order valence-electron chi connectivity index (χ2n) is 7.29. The predicted molar refractivity (Wildman–Crippen MR) is 121 cm³/mol. The van der Waals surface area contributed by atoms with Crippen LogP contribution in [0.4, 0.5) is 0 Å². The third-order valence-electron chi connectivity index (χ3n) is 5.55. The normalized spacial score (nSPS) is 26.8. The Bertz CT molecular complexity index is 403. The maximum atomic E-state index is 5.57. The Labute approximate surface area is 175 Å². The van der Waals surface area contributed by atoms with E-state index in [-0.39, 0.29) is 29.5 Å². The highest BCUT2D eigenvalue weighted by Crippen LogP contribution is 2.28. The zero-order chi connectivity index (χ0) is 17.4. The largest absolute Gasteiger partial charge is 0.381 e. The van der Waals surface area contributed by atoms with Gasteiger partial charge in [-0.05, 0) is 59.4 Å². The molecule has 1 aliphatic heterocycles. The fraction of sp³-hybridized carbons (Fsp3) is 0.944.